The fraction of sp³-hybridized carbons (Fsp3) is 0.571. The SMILES string of the molecule is FC(F)(F)COCCN1CCNCC1c1ccccc1. The summed E-state index contributed by atoms with van der Waals surface area (Å²) < 4.78 is 40.7. The van der Waals surface area contributed by atoms with Gasteiger partial charge in [-0.25, -0.2) is 0 Å². The van der Waals surface area contributed by atoms with Crippen LogP contribution in [0.1, 0.15) is 11.6 Å². The lowest BCUT2D eigenvalue weighted by Gasteiger charge is -2.36. The van der Waals surface area contributed by atoms with Crippen molar-refractivity contribution in [3.8, 4) is 0 Å². The Bertz CT molecular complexity index is 397. The summed E-state index contributed by atoms with van der Waals surface area (Å²) >= 11 is 0. The van der Waals surface area contributed by atoms with Crippen LogP contribution in [0.15, 0.2) is 30.3 Å². The molecule has 1 N–H and O–H groups in total. The Morgan fingerprint density at radius 1 is 1.25 bits per heavy atom. The molecule has 0 aliphatic carbocycles. The van der Waals surface area contributed by atoms with Gasteiger partial charge < -0.3 is 10.1 Å². The average molecular weight is 288 g/mol. The van der Waals surface area contributed by atoms with Gasteiger partial charge in [-0.1, -0.05) is 30.3 Å². The number of halogens is 3. The molecule has 0 saturated carbocycles. The predicted molar refractivity (Wildman–Crippen MR) is 70.5 cm³/mol. The van der Waals surface area contributed by atoms with E-state index in [-0.39, 0.29) is 12.6 Å². The van der Waals surface area contributed by atoms with Crippen molar-refractivity contribution >= 4 is 0 Å². The minimum atomic E-state index is -4.25. The first-order chi connectivity index (χ1) is 9.56. The van der Waals surface area contributed by atoms with Gasteiger partial charge in [-0.05, 0) is 5.56 Å². The summed E-state index contributed by atoms with van der Waals surface area (Å²) in [5.74, 6) is 0. The minimum Gasteiger partial charge on any atom is -0.371 e. The third-order valence-corrected chi connectivity index (χ3v) is 3.33. The van der Waals surface area contributed by atoms with Crippen molar-refractivity contribution in [3.63, 3.8) is 0 Å². The van der Waals surface area contributed by atoms with Crippen LogP contribution in [0.5, 0.6) is 0 Å². The number of hydrogen-bond donors (Lipinski definition) is 1. The van der Waals surface area contributed by atoms with Crippen molar-refractivity contribution in [1.29, 1.82) is 0 Å². The molecule has 20 heavy (non-hydrogen) atoms. The fourth-order valence-corrected chi connectivity index (χ4v) is 2.39. The summed E-state index contributed by atoms with van der Waals surface area (Å²) in [4.78, 5) is 2.17. The molecular formula is C14H19F3N2O. The van der Waals surface area contributed by atoms with Crippen LogP contribution >= 0.6 is 0 Å². The Hall–Kier alpha value is -1.11. The topological polar surface area (TPSA) is 24.5 Å². The molecule has 0 radical (unpaired) electrons. The molecule has 3 nitrogen and oxygen atoms in total. The highest BCUT2D eigenvalue weighted by molar-refractivity contribution is 5.20. The number of hydrogen-bond acceptors (Lipinski definition) is 3. The van der Waals surface area contributed by atoms with E-state index in [0.717, 1.165) is 19.6 Å². The zero-order chi connectivity index (χ0) is 14.4. The van der Waals surface area contributed by atoms with Crippen LogP contribution < -0.4 is 5.32 Å². The van der Waals surface area contributed by atoms with E-state index in [1.54, 1.807) is 0 Å². The molecule has 1 aromatic rings. The fourth-order valence-electron chi connectivity index (χ4n) is 2.39. The first-order valence-corrected chi connectivity index (χ1v) is 6.70. The van der Waals surface area contributed by atoms with Crippen LogP contribution in [0.4, 0.5) is 13.2 Å². The zero-order valence-corrected chi connectivity index (χ0v) is 11.2. The van der Waals surface area contributed by atoms with Gasteiger partial charge in [0.2, 0.25) is 0 Å². The Morgan fingerprint density at radius 3 is 2.70 bits per heavy atom. The molecule has 1 aliphatic heterocycles. The lowest BCUT2D eigenvalue weighted by molar-refractivity contribution is -0.175. The van der Waals surface area contributed by atoms with Gasteiger partial charge in [-0.15, -0.1) is 0 Å². The van der Waals surface area contributed by atoms with E-state index >= 15 is 0 Å². The highest BCUT2D eigenvalue weighted by atomic mass is 19.4. The van der Waals surface area contributed by atoms with Crippen LogP contribution in [0, 0.1) is 0 Å². The number of piperazine rings is 1. The van der Waals surface area contributed by atoms with Crippen molar-refractivity contribution in [3.05, 3.63) is 35.9 Å². The number of rotatable bonds is 5. The molecule has 0 spiro atoms. The third-order valence-electron chi connectivity index (χ3n) is 3.33. The molecule has 1 atom stereocenters. The lowest BCUT2D eigenvalue weighted by Crippen LogP contribution is -2.47. The normalized spacial score (nSPS) is 21.1. The molecule has 6 heteroatoms. The van der Waals surface area contributed by atoms with Crippen molar-refractivity contribution in [2.75, 3.05) is 39.4 Å². The summed E-state index contributed by atoms with van der Waals surface area (Å²) in [5, 5.41) is 3.32. The van der Waals surface area contributed by atoms with Gasteiger partial charge in [0.1, 0.15) is 6.61 Å². The quantitative estimate of drug-likeness (QED) is 0.841. The Labute approximate surface area is 116 Å². The van der Waals surface area contributed by atoms with Gasteiger partial charge >= 0.3 is 6.18 Å². The van der Waals surface area contributed by atoms with Crippen LogP contribution in [-0.2, 0) is 4.74 Å². The molecule has 1 aromatic carbocycles. The van der Waals surface area contributed by atoms with Gasteiger partial charge in [0.15, 0.2) is 0 Å². The highest BCUT2D eigenvalue weighted by Gasteiger charge is 2.28. The number of benzene rings is 1. The van der Waals surface area contributed by atoms with E-state index in [4.69, 9.17) is 4.74 Å². The van der Waals surface area contributed by atoms with Crippen molar-refractivity contribution < 1.29 is 17.9 Å². The van der Waals surface area contributed by atoms with E-state index in [1.807, 2.05) is 30.3 Å². The van der Waals surface area contributed by atoms with Gasteiger partial charge in [-0.2, -0.15) is 13.2 Å². The first-order valence-electron chi connectivity index (χ1n) is 6.70. The van der Waals surface area contributed by atoms with Crippen LogP contribution in [0.3, 0.4) is 0 Å². The summed E-state index contributed by atoms with van der Waals surface area (Å²) in [7, 11) is 0. The van der Waals surface area contributed by atoms with E-state index < -0.39 is 12.8 Å². The predicted octanol–water partition coefficient (Wildman–Crippen LogP) is 2.21. The molecule has 0 bridgehead atoms. The Balaban J connectivity index is 1.85. The molecule has 0 amide bonds. The summed E-state index contributed by atoms with van der Waals surface area (Å²) in [5.41, 5.74) is 1.18. The van der Waals surface area contributed by atoms with Crippen molar-refractivity contribution in [2.45, 2.75) is 12.2 Å². The number of nitrogens with zero attached hydrogens (tertiary/aromatic N) is 1. The largest absolute Gasteiger partial charge is 0.411 e. The van der Waals surface area contributed by atoms with Crippen LogP contribution in [0.25, 0.3) is 0 Å². The van der Waals surface area contributed by atoms with Gasteiger partial charge in [-0.3, -0.25) is 4.90 Å². The molecule has 0 aromatic heterocycles. The maximum atomic E-state index is 12.0. The average Bonchev–Trinajstić information content (AvgIpc) is 2.44. The molecule has 2 rings (SSSR count). The van der Waals surface area contributed by atoms with E-state index in [0.29, 0.717) is 6.54 Å². The summed E-state index contributed by atoms with van der Waals surface area (Å²) in [6.07, 6.45) is -4.25. The van der Waals surface area contributed by atoms with Crippen LogP contribution in [-0.4, -0.2) is 50.5 Å². The molecule has 1 aliphatic rings. The van der Waals surface area contributed by atoms with Gasteiger partial charge in [0.05, 0.1) is 6.61 Å². The second kappa shape index (κ2) is 7.06. The first kappa shape index (κ1) is 15.3. The van der Waals surface area contributed by atoms with E-state index in [1.165, 1.54) is 5.56 Å². The maximum absolute atomic E-state index is 12.0. The molecule has 112 valence electrons. The number of alkyl halides is 3. The Kier molecular flexibility index (Phi) is 5.39. The zero-order valence-electron chi connectivity index (χ0n) is 11.2. The van der Waals surface area contributed by atoms with Crippen molar-refractivity contribution in [2.24, 2.45) is 0 Å². The molecule has 1 fully saturated rings. The molecule has 1 heterocycles. The molecular weight excluding hydrogens is 269 g/mol. The second-order valence-electron chi connectivity index (χ2n) is 4.83. The summed E-state index contributed by atoms with van der Waals surface area (Å²) in [6.45, 7) is 1.91. The lowest BCUT2D eigenvalue weighted by atomic mass is 10.0. The Morgan fingerprint density at radius 2 is 2.00 bits per heavy atom. The number of nitrogens with one attached hydrogen (secondary N) is 1. The van der Waals surface area contributed by atoms with E-state index in [2.05, 4.69) is 10.2 Å². The van der Waals surface area contributed by atoms with Gasteiger partial charge in [0.25, 0.3) is 0 Å². The van der Waals surface area contributed by atoms with Crippen molar-refractivity contribution in [1.82, 2.24) is 10.2 Å². The molecule has 1 unspecified atom stereocenters. The molecule has 1 saturated heterocycles. The van der Waals surface area contributed by atoms with E-state index in [9.17, 15) is 13.2 Å². The maximum Gasteiger partial charge on any atom is 0.411 e. The highest BCUT2D eigenvalue weighted by Crippen LogP contribution is 2.21. The summed E-state index contributed by atoms with van der Waals surface area (Å²) in [6, 6.07) is 10.2. The van der Waals surface area contributed by atoms with Crippen LogP contribution in [0.2, 0.25) is 0 Å². The number of ether oxygens (including phenoxy) is 1. The van der Waals surface area contributed by atoms with Gasteiger partial charge in [0, 0.05) is 32.2 Å². The third kappa shape index (κ3) is 4.77. The monoisotopic (exact) mass is 288 g/mol. The minimum absolute atomic E-state index is 0.100. The standard InChI is InChI=1S/C14H19F3N2O/c15-14(16,17)11-20-9-8-19-7-6-18-10-13(19)12-4-2-1-3-5-12/h1-5,13,18H,6-11H2. The second-order valence-corrected chi connectivity index (χ2v) is 4.83. The smallest absolute Gasteiger partial charge is 0.371 e.